The summed E-state index contributed by atoms with van der Waals surface area (Å²) in [4.78, 5) is 29.3. The van der Waals surface area contributed by atoms with Gasteiger partial charge in [-0.1, -0.05) is 11.6 Å². The van der Waals surface area contributed by atoms with Crippen molar-refractivity contribution in [2.75, 3.05) is 0 Å². The number of alkyl halides is 6. The Kier molecular flexibility index (Phi) is 11.2. The predicted octanol–water partition coefficient (Wildman–Crippen LogP) is 1.55. The zero-order valence-corrected chi connectivity index (χ0v) is 17.0. The van der Waals surface area contributed by atoms with Crippen molar-refractivity contribution in [2.24, 2.45) is 5.73 Å². The lowest BCUT2D eigenvalue weighted by molar-refractivity contribution is -0.193. The van der Waals surface area contributed by atoms with E-state index in [0.717, 1.165) is 11.3 Å². The molecule has 33 heavy (non-hydrogen) atoms. The van der Waals surface area contributed by atoms with E-state index < -0.39 is 30.3 Å². The molecule has 1 aromatic carbocycles. The maximum Gasteiger partial charge on any atom is 0.490 e. The van der Waals surface area contributed by atoms with E-state index in [4.69, 9.17) is 37.1 Å². The average Bonchev–Trinajstić information content (AvgIpc) is 3.20. The van der Waals surface area contributed by atoms with Crippen LogP contribution in [0.4, 0.5) is 26.3 Å². The number of nitrogens with one attached hydrogen (secondary N) is 1. The minimum absolute atomic E-state index is 0.234. The zero-order valence-electron chi connectivity index (χ0n) is 16.2. The van der Waals surface area contributed by atoms with Crippen molar-refractivity contribution in [3.05, 3.63) is 35.1 Å². The van der Waals surface area contributed by atoms with Crippen LogP contribution in [0.25, 0.3) is 5.69 Å². The van der Waals surface area contributed by atoms with Crippen molar-refractivity contribution in [1.29, 1.82) is 0 Å². The van der Waals surface area contributed by atoms with Gasteiger partial charge in [0.1, 0.15) is 6.33 Å². The van der Waals surface area contributed by atoms with E-state index in [1.165, 1.54) is 11.0 Å². The second-order valence-electron chi connectivity index (χ2n) is 5.64. The molecule has 0 radical (unpaired) electrons. The molecule has 0 saturated carbocycles. The zero-order chi connectivity index (χ0) is 26.0. The van der Waals surface area contributed by atoms with Gasteiger partial charge in [-0.3, -0.25) is 4.79 Å². The number of hydrogen-bond acceptors (Lipinski definition) is 7. The molecule has 1 aromatic heterocycles. The number of aliphatic carboxylic acids is 2. The monoisotopic (exact) mass is 508 g/mol. The Morgan fingerprint density at radius 2 is 1.61 bits per heavy atom. The number of carboxylic acid groups (broad SMARTS) is 2. The van der Waals surface area contributed by atoms with Gasteiger partial charge in [0.15, 0.2) is 0 Å². The fraction of sp³-hybridized carbons (Fsp3) is 0.333. The highest BCUT2D eigenvalue weighted by molar-refractivity contribution is 6.30. The first kappa shape index (κ1) is 29.5. The molecule has 0 aliphatic heterocycles. The number of amides is 1. The SMILES string of the molecule is C[C@H](N)C(=O)NCc1cc(Cl)ccc1-n1cnnn1.O=C(O)C(F)(F)F.O=C(O)C(F)(F)F. The van der Waals surface area contributed by atoms with E-state index in [2.05, 4.69) is 20.8 Å². The van der Waals surface area contributed by atoms with Crippen LogP contribution in [0.3, 0.4) is 0 Å². The lowest BCUT2D eigenvalue weighted by Crippen LogP contribution is -2.38. The van der Waals surface area contributed by atoms with Crippen molar-refractivity contribution < 1.29 is 50.9 Å². The Labute approximate surface area is 185 Å². The first-order valence-electron chi connectivity index (χ1n) is 8.12. The van der Waals surface area contributed by atoms with Gasteiger partial charge in [0.05, 0.1) is 11.7 Å². The van der Waals surface area contributed by atoms with Crippen molar-refractivity contribution in [1.82, 2.24) is 25.5 Å². The van der Waals surface area contributed by atoms with Gasteiger partial charge in [-0.25, -0.2) is 14.3 Å². The summed E-state index contributed by atoms with van der Waals surface area (Å²) in [6, 6.07) is 4.71. The van der Waals surface area contributed by atoms with Gasteiger partial charge in [0.2, 0.25) is 5.91 Å². The molecular weight excluding hydrogens is 494 g/mol. The molecule has 11 nitrogen and oxygen atoms in total. The lowest BCUT2D eigenvalue weighted by atomic mass is 10.1. The van der Waals surface area contributed by atoms with Crippen LogP contribution >= 0.6 is 11.6 Å². The fourth-order valence-electron chi connectivity index (χ4n) is 1.53. The molecule has 1 heterocycles. The Morgan fingerprint density at radius 3 is 1.97 bits per heavy atom. The van der Waals surface area contributed by atoms with Crippen molar-refractivity contribution in [3.8, 4) is 5.69 Å². The molecule has 0 aliphatic carbocycles. The summed E-state index contributed by atoms with van der Waals surface area (Å²) >= 11 is 5.96. The van der Waals surface area contributed by atoms with E-state index >= 15 is 0 Å². The van der Waals surface area contributed by atoms with Gasteiger partial charge in [-0.15, -0.1) is 5.10 Å². The number of benzene rings is 1. The van der Waals surface area contributed by atoms with Crippen LogP contribution in [0.15, 0.2) is 24.5 Å². The van der Waals surface area contributed by atoms with Gasteiger partial charge in [-0.2, -0.15) is 26.3 Å². The van der Waals surface area contributed by atoms with E-state index in [9.17, 15) is 31.1 Å². The Balaban J connectivity index is 0.000000605. The average molecular weight is 509 g/mol. The van der Waals surface area contributed by atoms with Crippen LogP contribution in [0, 0.1) is 0 Å². The third-order valence-corrected chi connectivity index (χ3v) is 3.22. The predicted molar refractivity (Wildman–Crippen MR) is 97.0 cm³/mol. The van der Waals surface area contributed by atoms with Crippen molar-refractivity contribution in [3.63, 3.8) is 0 Å². The molecule has 0 fully saturated rings. The van der Waals surface area contributed by atoms with Crippen LogP contribution in [0.1, 0.15) is 12.5 Å². The molecule has 184 valence electrons. The van der Waals surface area contributed by atoms with Crippen LogP contribution in [0.2, 0.25) is 5.02 Å². The van der Waals surface area contributed by atoms with Gasteiger partial charge in [0.25, 0.3) is 0 Å². The van der Waals surface area contributed by atoms with Gasteiger partial charge >= 0.3 is 24.3 Å². The van der Waals surface area contributed by atoms with Crippen LogP contribution in [-0.2, 0) is 20.9 Å². The third kappa shape index (κ3) is 11.6. The molecule has 0 unspecified atom stereocenters. The molecule has 0 aliphatic rings. The highest BCUT2D eigenvalue weighted by Gasteiger charge is 2.38. The standard InChI is InChI=1S/C11H13ClN6O.2C2HF3O2/c1-7(13)11(19)14-5-8-4-9(12)2-3-10(8)18-6-15-16-17-18;2*3-2(4,5)1(6)7/h2-4,6-7H,5,13H2,1H3,(H,14,19);2*(H,6,7)/t7-;;/m0../s1. The van der Waals surface area contributed by atoms with Gasteiger partial charge in [-0.05, 0) is 41.1 Å². The second kappa shape index (κ2) is 12.5. The highest BCUT2D eigenvalue weighted by atomic mass is 35.5. The van der Waals surface area contributed by atoms with Crippen molar-refractivity contribution in [2.45, 2.75) is 31.9 Å². The number of carbonyl (C=O) groups excluding carboxylic acids is 1. The lowest BCUT2D eigenvalue weighted by Gasteiger charge is -2.11. The summed E-state index contributed by atoms with van der Waals surface area (Å²) in [5.41, 5.74) is 7.04. The summed E-state index contributed by atoms with van der Waals surface area (Å²) in [6.45, 7) is 1.92. The van der Waals surface area contributed by atoms with Gasteiger partial charge in [0, 0.05) is 11.6 Å². The van der Waals surface area contributed by atoms with E-state index in [1.807, 2.05) is 0 Å². The van der Waals surface area contributed by atoms with Crippen LogP contribution < -0.4 is 11.1 Å². The normalized spacial score (nSPS) is 11.8. The first-order chi connectivity index (χ1) is 15.0. The van der Waals surface area contributed by atoms with Gasteiger partial charge < -0.3 is 21.3 Å². The summed E-state index contributed by atoms with van der Waals surface area (Å²) in [6.07, 6.45) is -8.69. The van der Waals surface area contributed by atoms with Crippen LogP contribution in [0.5, 0.6) is 0 Å². The number of tetrazole rings is 1. The number of carboxylic acids is 2. The maximum absolute atomic E-state index is 11.5. The smallest absolute Gasteiger partial charge is 0.475 e. The number of halogens is 7. The fourth-order valence-corrected chi connectivity index (χ4v) is 1.73. The molecule has 18 heteroatoms. The minimum atomic E-state index is -5.08. The molecule has 5 N–H and O–H groups in total. The summed E-state index contributed by atoms with van der Waals surface area (Å²) in [5.74, 6) is -5.75. The largest absolute Gasteiger partial charge is 0.490 e. The summed E-state index contributed by atoms with van der Waals surface area (Å²) in [7, 11) is 0. The maximum atomic E-state index is 11.5. The molecule has 1 amide bonds. The Morgan fingerprint density at radius 1 is 1.12 bits per heavy atom. The molecule has 2 aromatic rings. The Bertz CT molecular complexity index is 912. The topological polar surface area (TPSA) is 173 Å². The second-order valence-corrected chi connectivity index (χ2v) is 6.08. The first-order valence-corrected chi connectivity index (χ1v) is 8.49. The van der Waals surface area contributed by atoms with E-state index in [-0.39, 0.29) is 5.91 Å². The Hall–Kier alpha value is -3.47. The van der Waals surface area contributed by atoms with E-state index in [1.54, 1.807) is 25.1 Å². The molecule has 0 bridgehead atoms. The molecule has 0 saturated heterocycles. The number of hydrogen-bond donors (Lipinski definition) is 4. The van der Waals surface area contributed by atoms with Crippen LogP contribution in [-0.4, -0.2) is 66.7 Å². The van der Waals surface area contributed by atoms with Crippen molar-refractivity contribution >= 4 is 29.4 Å². The third-order valence-electron chi connectivity index (χ3n) is 2.99. The highest BCUT2D eigenvalue weighted by Crippen LogP contribution is 2.19. The number of rotatable bonds is 4. The quantitative estimate of drug-likeness (QED) is 0.447. The van der Waals surface area contributed by atoms with E-state index in [0.29, 0.717) is 11.6 Å². The number of nitrogens with two attached hydrogens (primary N) is 1. The summed E-state index contributed by atoms with van der Waals surface area (Å²) < 4.78 is 65.0. The summed E-state index contributed by atoms with van der Waals surface area (Å²) in [5, 5.41) is 28.5. The molecule has 2 rings (SSSR count). The molecular formula is C15H15ClF6N6O5. The number of carbonyl (C=O) groups is 3. The number of aromatic nitrogens is 4. The molecule has 0 spiro atoms. The minimum Gasteiger partial charge on any atom is -0.475 e. The number of nitrogens with zero attached hydrogens (tertiary/aromatic N) is 4. The molecule has 1 atom stereocenters.